The van der Waals surface area contributed by atoms with Crippen molar-refractivity contribution < 1.29 is 9.53 Å². The first-order valence-electron chi connectivity index (χ1n) is 11.2. The molecule has 1 N–H and O–H groups in total. The number of allylic oxidation sites excluding steroid dienone is 1. The van der Waals surface area contributed by atoms with Crippen molar-refractivity contribution in [1.29, 1.82) is 5.26 Å². The number of hydrogen-bond acceptors (Lipinski definition) is 7. The molecule has 1 aromatic carbocycles. The number of rotatable bonds is 9. The molecule has 0 saturated carbocycles. The number of anilines is 1. The van der Waals surface area contributed by atoms with E-state index in [1.165, 1.54) is 28.0 Å². The normalized spacial score (nSPS) is 14.8. The first-order chi connectivity index (χ1) is 16.5. The molecule has 0 fully saturated rings. The van der Waals surface area contributed by atoms with Gasteiger partial charge in [-0.3, -0.25) is 9.36 Å². The minimum atomic E-state index is -0.168. The number of nitrogens with zero attached hydrogens (tertiary/aromatic N) is 4. The number of nitriles is 1. The van der Waals surface area contributed by atoms with Crippen LogP contribution in [0.5, 0.6) is 5.75 Å². The van der Waals surface area contributed by atoms with Crippen LogP contribution in [0.3, 0.4) is 0 Å². The number of amides is 1. The predicted octanol–water partition coefficient (Wildman–Crippen LogP) is 5.14. The molecule has 4 rings (SSSR count). The first-order valence-corrected chi connectivity index (χ1v) is 13.0. The fourth-order valence-electron chi connectivity index (χ4n) is 3.95. The summed E-state index contributed by atoms with van der Waals surface area (Å²) in [4.78, 5) is 13.9. The molecule has 1 unspecified atom stereocenters. The number of carbonyl (C=O) groups is 1. The van der Waals surface area contributed by atoms with Gasteiger partial charge in [-0.15, -0.1) is 28.1 Å². The number of thioether (sulfide) groups is 1. The maximum Gasteiger partial charge on any atom is 0.235 e. The van der Waals surface area contributed by atoms with Gasteiger partial charge in [0.25, 0.3) is 0 Å². The van der Waals surface area contributed by atoms with Gasteiger partial charge in [0.2, 0.25) is 5.91 Å². The van der Waals surface area contributed by atoms with Crippen molar-refractivity contribution in [3.05, 3.63) is 64.3 Å². The molecule has 1 aliphatic carbocycles. The highest BCUT2D eigenvalue weighted by atomic mass is 32.2. The highest BCUT2D eigenvalue weighted by Gasteiger charge is 2.25. The van der Waals surface area contributed by atoms with Crippen molar-refractivity contribution in [3.8, 4) is 11.8 Å². The monoisotopic (exact) mass is 493 g/mol. The zero-order valence-corrected chi connectivity index (χ0v) is 21.0. The van der Waals surface area contributed by atoms with E-state index >= 15 is 0 Å². The van der Waals surface area contributed by atoms with E-state index in [-0.39, 0.29) is 18.3 Å². The summed E-state index contributed by atoms with van der Waals surface area (Å²) in [6, 6.07) is 10.1. The number of aryl methyl sites for hydroxylation is 1. The lowest BCUT2D eigenvalue weighted by molar-refractivity contribution is -0.113. The van der Waals surface area contributed by atoms with Crippen molar-refractivity contribution in [2.45, 2.75) is 51.4 Å². The molecule has 7 nitrogen and oxygen atoms in total. The average Bonchev–Trinajstić information content (AvgIpc) is 3.36. The molecule has 0 spiro atoms. The second-order valence-corrected chi connectivity index (χ2v) is 10.5. The Kier molecular flexibility index (Phi) is 7.70. The summed E-state index contributed by atoms with van der Waals surface area (Å²) in [5.41, 5.74) is 2.85. The maximum absolute atomic E-state index is 12.7. The van der Waals surface area contributed by atoms with Crippen LogP contribution < -0.4 is 10.1 Å². The second-order valence-electron chi connectivity index (χ2n) is 8.41. The maximum atomic E-state index is 12.7. The smallest absolute Gasteiger partial charge is 0.235 e. The zero-order valence-electron chi connectivity index (χ0n) is 19.3. The molecule has 0 radical (unpaired) electrons. The number of fused-ring (bicyclic) bond motifs is 1. The second kappa shape index (κ2) is 10.9. The summed E-state index contributed by atoms with van der Waals surface area (Å²) >= 11 is 2.84. The van der Waals surface area contributed by atoms with E-state index in [2.05, 4.69) is 35.1 Å². The summed E-state index contributed by atoms with van der Waals surface area (Å²) in [5.74, 6) is 2.04. The van der Waals surface area contributed by atoms with Crippen LogP contribution in [0.2, 0.25) is 0 Å². The van der Waals surface area contributed by atoms with E-state index in [1.54, 1.807) is 6.08 Å². The van der Waals surface area contributed by atoms with Gasteiger partial charge in [0, 0.05) is 11.4 Å². The van der Waals surface area contributed by atoms with Crippen LogP contribution in [0, 0.1) is 24.2 Å². The van der Waals surface area contributed by atoms with Crippen molar-refractivity contribution in [1.82, 2.24) is 14.8 Å². The summed E-state index contributed by atoms with van der Waals surface area (Å²) < 4.78 is 7.77. The Morgan fingerprint density at radius 1 is 1.47 bits per heavy atom. The van der Waals surface area contributed by atoms with Crippen LogP contribution in [0.4, 0.5) is 5.00 Å². The van der Waals surface area contributed by atoms with Gasteiger partial charge in [-0.05, 0) is 55.4 Å². The third-order valence-corrected chi connectivity index (χ3v) is 7.81. The van der Waals surface area contributed by atoms with E-state index in [0.717, 1.165) is 36.1 Å². The molecule has 1 amide bonds. The highest BCUT2D eigenvalue weighted by molar-refractivity contribution is 7.99. The van der Waals surface area contributed by atoms with Gasteiger partial charge in [0.1, 0.15) is 23.4 Å². The Hall–Kier alpha value is -3.09. The Balaban J connectivity index is 1.40. The van der Waals surface area contributed by atoms with Crippen LogP contribution >= 0.6 is 23.1 Å². The molecular formula is C25H27N5O2S2. The molecule has 2 aromatic heterocycles. The Bertz CT molecular complexity index is 1240. The molecule has 9 heteroatoms. The fourth-order valence-corrected chi connectivity index (χ4v) is 6.09. The standard InChI is InChI=1S/C25H27N5O2S2/c1-4-10-30-22(14-32-18-7-5-6-16(2)11-18)28-29-25(30)33-15-23(31)27-24-20(13-26)19-9-8-17(3)12-21(19)34-24/h4-7,11,17H,1,8-10,12,14-15H2,2-3H3,(H,27,31). The lowest BCUT2D eigenvalue weighted by atomic mass is 9.89. The van der Waals surface area contributed by atoms with Gasteiger partial charge in [0.05, 0.1) is 11.3 Å². The Morgan fingerprint density at radius 3 is 3.09 bits per heavy atom. The number of carbonyl (C=O) groups excluding carboxylic acids is 1. The zero-order chi connectivity index (χ0) is 24.1. The number of hydrogen-bond donors (Lipinski definition) is 1. The lowest BCUT2D eigenvalue weighted by Gasteiger charge is -2.17. The molecule has 1 atom stereocenters. The Morgan fingerprint density at radius 2 is 2.32 bits per heavy atom. The molecule has 0 saturated heterocycles. The SMILES string of the molecule is C=CCn1c(COc2cccc(C)c2)nnc1SCC(=O)Nc1sc2c(c1C#N)CCC(C)C2. The number of benzene rings is 1. The number of ether oxygens (including phenoxy) is 1. The third kappa shape index (κ3) is 5.51. The van der Waals surface area contributed by atoms with E-state index in [9.17, 15) is 10.1 Å². The third-order valence-electron chi connectivity index (χ3n) is 5.67. The molecule has 0 aliphatic heterocycles. The van der Waals surface area contributed by atoms with Gasteiger partial charge in [-0.1, -0.05) is 36.9 Å². The molecule has 2 heterocycles. The van der Waals surface area contributed by atoms with E-state index in [4.69, 9.17) is 4.74 Å². The van der Waals surface area contributed by atoms with E-state index in [0.29, 0.717) is 34.0 Å². The van der Waals surface area contributed by atoms with Crippen LogP contribution in [0.15, 0.2) is 42.1 Å². The van der Waals surface area contributed by atoms with Crippen molar-refractivity contribution in [2.24, 2.45) is 5.92 Å². The quantitative estimate of drug-likeness (QED) is 0.328. The Labute approximate surface area is 207 Å². The predicted molar refractivity (Wildman–Crippen MR) is 135 cm³/mol. The van der Waals surface area contributed by atoms with Crippen LogP contribution in [-0.4, -0.2) is 26.4 Å². The van der Waals surface area contributed by atoms with Crippen LogP contribution in [0.1, 0.15) is 40.7 Å². The van der Waals surface area contributed by atoms with E-state index in [1.807, 2.05) is 35.8 Å². The number of aromatic nitrogens is 3. The molecule has 0 bridgehead atoms. The van der Waals surface area contributed by atoms with Crippen LogP contribution in [0.25, 0.3) is 0 Å². The lowest BCUT2D eigenvalue weighted by Crippen LogP contribution is -2.15. The summed E-state index contributed by atoms with van der Waals surface area (Å²) in [5, 5.41) is 22.4. The number of thiophene rings is 1. The molecule has 176 valence electrons. The van der Waals surface area contributed by atoms with Crippen molar-refractivity contribution in [2.75, 3.05) is 11.1 Å². The van der Waals surface area contributed by atoms with Crippen molar-refractivity contribution in [3.63, 3.8) is 0 Å². The highest BCUT2D eigenvalue weighted by Crippen LogP contribution is 2.39. The largest absolute Gasteiger partial charge is 0.486 e. The van der Waals surface area contributed by atoms with Crippen molar-refractivity contribution >= 4 is 34.0 Å². The molecule has 34 heavy (non-hydrogen) atoms. The average molecular weight is 494 g/mol. The summed E-state index contributed by atoms with van der Waals surface area (Å²) in [7, 11) is 0. The number of nitrogens with one attached hydrogen (secondary N) is 1. The van der Waals surface area contributed by atoms with Gasteiger partial charge >= 0.3 is 0 Å². The minimum absolute atomic E-state index is 0.165. The molecule has 3 aromatic rings. The van der Waals surface area contributed by atoms with Crippen LogP contribution in [-0.2, 0) is 30.8 Å². The van der Waals surface area contributed by atoms with Gasteiger partial charge in [0.15, 0.2) is 11.0 Å². The summed E-state index contributed by atoms with van der Waals surface area (Å²) in [6.07, 6.45) is 4.71. The first kappa shape index (κ1) is 24.0. The van der Waals surface area contributed by atoms with E-state index < -0.39 is 0 Å². The molecule has 1 aliphatic rings. The fraction of sp³-hybridized carbons (Fsp3) is 0.360. The van der Waals surface area contributed by atoms with Gasteiger partial charge < -0.3 is 10.1 Å². The van der Waals surface area contributed by atoms with Gasteiger partial charge in [-0.25, -0.2) is 0 Å². The van der Waals surface area contributed by atoms with Gasteiger partial charge in [-0.2, -0.15) is 5.26 Å². The topological polar surface area (TPSA) is 92.8 Å². The summed E-state index contributed by atoms with van der Waals surface area (Å²) in [6.45, 7) is 8.83. The minimum Gasteiger partial charge on any atom is -0.486 e. The molecular weight excluding hydrogens is 466 g/mol.